The minimum absolute atomic E-state index is 0.207. The van der Waals surface area contributed by atoms with Crippen LogP contribution in [-0.2, 0) is 10.8 Å². The van der Waals surface area contributed by atoms with Gasteiger partial charge in [-0.2, -0.15) is 0 Å². The molecule has 0 atom stereocenters. The number of hydrogen-bond donors (Lipinski definition) is 3. The van der Waals surface area contributed by atoms with E-state index in [2.05, 4.69) is 82.3 Å². The largest absolute Gasteiger partial charge is 0.508 e. The average Bonchev–Trinajstić information content (AvgIpc) is 2.68. The van der Waals surface area contributed by atoms with Crippen LogP contribution in [0.4, 0.5) is 4.79 Å². The van der Waals surface area contributed by atoms with Crippen molar-refractivity contribution in [1.82, 2.24) is 0 Å². The first-order chi connectivity index (χ1) is 13.6. The van der Waals surface area contributed by atoms with E-state index in [1.807, 2.05) is 18.2 Å². The highest BCUT2D eigenvalue weighted by Crippen LogP contribution is 2.44. The molecule has 0 spiro atoms. The zero-order valence-electron chi connectivity index (χ0n) is 17.3. The highest BCUT2D eigenvalue weighted by molar-refractivity contribution is 5.55. The Labute approximate surface area is 172 Å². The van der Waals surface area contributed by atoms with Crippen LogP contribution in [0.2, 0.25) is 0 Å². The van der Waals surface area contributed by atoms with E-state index in [1.165, 1.54) is 11.1 Å². The second-order valence-electron chi connectivity index (χ2n) is 7.96. The number of carboxylic acid groups (broad SMARTS) is 2. The van der Waals surface area contributed by atoms with E-state index in [1.54, 1.807) is 6.07 Å². The molecule has 0 amide bonds. The Kier molecular flexibility index (Phi) is 6.70. The van der Waals surface area contributed by atoms with E-state index in [-0.39, 0.29) is 10.8 Å². The highest BCUT2D eigenvalue weighted by Gasteiger charge is 2.34. The van der Waals surface area contributed by atoms with Gasteiger partial charge in [0.05, 0.1) is 0 Å². The summed E-state index contributed by atoms with van der Waals surface area (Å²) < 4.78 is 0. The molecule has 3 N–H and O–H groups in total. The summed E-state index contributed by atoms with van der Waals surface area (Å²) in [5.41, 5.74) is 4.09. The van der Waals surface area contributed by atoms with Crippen molar-refractivity contribution in [3.8, 4) is 5.75 Å². The van der Waals surface area contributed by atoms with Crippen LogP contribution in [-0.4, -0.2) is 21.5 Å². The number of phenols is 1. The summed E-state index contributed by atoms with van der Waals surface area (Å²) in [5.74, 6) is 0.357. The van der Waals surface area contributed by atoms with Crippen molar-refractivity contribution < 1.29 is 20.1 Å². The summed E-state index contributed by atoms with van der Waals surface area (Å²) in [7, 11) is 0. The molecular formula is C25H28O4. The molecule has 0 aliphatic heterocycles. The van der Waals surface area contributed by atoms with Crippen molar-refractivity contribution in [1.29, 1.82) is 0 Å². The topological polar surface area (TPSA) is 77.8 Å². The van der Waals surface area contributed by atoms with Crippen molar-refractivity contribution in [2.24, 2.45) is 0 Å². The Morgan fingerprint density at radius 2 is 1.07 bits per heavy atom. The second kappa shape index (κ2) is 8.82. The van der Waals surface area contributed by atoms with Gasteiger partial charge in [0.15, 0.2) is 0 Å². The molecule has 0 aromatic heterocycles. The van der Waals surface area contributed by atoms with Gasteiger partial charge < -0.3 is 15.3 Å². The first-order valence-corrected chi connectivity index (χ1v) is 9.44. The molecule has 0 unspecified atom stereocenters. The molecule has 3 aromatic rings. The van der Waals surface area contributed by atoms with Gasteiger partial charge >= 0.3 is 6.16 Å². The molecule has 3 rings (SSSR count). The molecule has 4 nitrogen and oxygen atoms in total. The van der Waals surface area contributed by atoms with Gasteiger partial charge in [0.1, 0.15) is 5.75 Å². The normalized spacial score (nSPS) is 11.3. The number of carbonyl (C=O) groups is 1. The second-order valence-corrected chi connectivity index (χ2v) is 7.96. The molecule has 0 heterocycles. The third-order valence-corrected chi connectivity index (χ3v) is 5.33. The van der Waals surface area contributed by atoms with Crippen LogP contribution in [0.15, 0.2) is 78.9 Å². The van der Waals surface area contributed by atoms with Crippen LogP contribution >= 0.6 is 0 Å². The highest BCUT2D eigenvalue weighted by atomic mass is 16.6. The molecule has 4 heteroatoms. The van der Waals surface area contributed by atoms with E-state index >= 15 is 0 Å². The van der Waals surface area contributed by atoms with Crippen molar-refractivity contribution in [2.45, 2.75) is 38.5 Å². The van der Waals surface area contributed by atoms with Crippen LogP contribution in [0.1, 0.15) is 49.9 Å². The standard InChI is InChI=1S/C24H26O.CH2O3/c1-23(2,18-12-7-5-8-13-18)20-16-11-17-21(25)22(20)24(3,4)19-14-9-6-10-15-19;2-1(3)4/h5-17,25H,1-4H3;(H2,2,3,4). The maximum Gasteiger partial charge on any atom is 0.503 e. The van der Waals surface area contributed by atoms with Gasteiger partial charge in [-0.15, -0.1) is 0 Å². The van der Waals surface area contributed by atoms with Crippen LogP contribution in [0.25, 0.3) is 0 Å². The fourth-order valence-corrected chi connectivity index (χ4v) is 3.73. The molecule has 0 aliphatic rings. The lowest BCUT2D eigenvalue weighted by Gasteiger charge is -2.35. The lowest BCUT2D eigenvalue weighted by molar-refractivity contribution is 0.137. The number of benzene rings is 3. The van der Waals surface area contributed by atoms with Gasteiger partial charge in [-0.05, 0) is 22.8 Å². The third kappa shape index (κ3) is 4.96. The Morgan fingerprint density at radius 3 is 1.52 bits per heavy atom. The van der Waals surface area contributed by atoms with Gasteiger partial charge in [0, 0.05) is 16.4 Å². The van der Waals surface area contributed by atoms with Gasteiger partial charge in [0.2, 0.25) is 0 Å². The van der Waals surface area contributed by atoms with Crippen molar-refractivity contribution in [2.75, 3.05) is 0 Å². The Balaban J connectivity index is 0.000000687. The van der Waals surface area contributed by atoms with E-state index < -0.39 is 6.16 Å². The minimum Gasteiger partial charge on any atom is -0.508 e. The fraction of sp³-hybridized carbons (Fsp3) is 0.240. The van der Waals surface area contributed by atoms with Gasteiger partial charge in [-0.1, -0.05) is 100 Å². The summed E-state index contributed by atoms with van der Waals surface area (Å²) in [6, 6.07) is 26.8. The minimum atomic E-state index is -1.83. The smallest absolute Gasteiger partial charge is 0.503 e. The molecular weight excluding hydrogens is 364 g/mol. The van der Waals surface area contributed by atoms with Gasteiger partial charge in [-0.3, -0.25) is 0 Å². The molecule has 0 saturated heterocycles. The summed E-state index contributed by atoms with van der Waals surface area (Å²) in [4.78, 5) is 8.56. The van der Waals surface area contributed by atoms with E-state index in [4.69, 9.17) is 15.0 Å². The monoisotopic (exact) mass is 392 g/mol. The Morgan fingerprint density at radius 1 is 0.655 bits per heavy atom. The lowest BCUT2D eigenvalue weighted by Crippen LogP contribution is -2.28. The van der Waals surface area contributed by atoms with Crippen LogP contribution in [0.5, 0.6) is 5.75 Å². The van der Waals surface area contributed by atoms with E-state index in [0.717, 1.165) is 11.1 Å². The molecule has 0 aliphatic carbocycles. The Hall–Kier alpha value is -3.27. The lowest BCUT2D eigenvalue weighted by atomic mass is 9.68. The zero-order valence-corrected chi connectivity index (χ0v) is 17.3. The summed E-state index contributed by atoms with van der Waals surface area (Å²) in [6.45, 7) is 8.81. The van der Waals surface area contributed by atoms with Crippen molar-refractivity contribution in [3.63, 3.8) is 0 Å². The molecule has 0 radical (unpaired) electrons. The number of rotatable bonds is 4. The number of aromatic hydroxyl groups is 1. The first kappa shape index (κ1) is 22.0. The molecule has 0 bridgehead atoms. The Bertz CT molecular complexity index is 941. The zero-order chi connectivity index (χ0) is 21.7. The van der Waals surface area contributed by atoms with Crippen molar-refractivity contribution in [3.05, 3.63) is 101 Å². The van der Waals surface area contributed by atoms with Crippen LogP contribution < -0.4 is 0 Å². The molecule has 3 aromatic carbocycles. The number of hydrogen-bond acceptors (Lipinski definition) is 2. The maximum atomic E-state index is 10.8. The fourth-order valence-electron chi connectivity index (χ4n) is 3.73. The predicted octanol–water partition coefficient (Wildman–Crippen LogP) is 6.27. The molecule has 0 fully saturated rings. The van der Waals surface area contributed by atoms with Gasteiger partial charge in [0.25, 0.3) is 0 Å². The summed E-state index contributed by atoms with van der Waals surface area (Å²) in [6.07, 6.45) is -1.83. The maximum absolute atomic E-state index is 10.8. The first-order valence-electron chi connectivity index (χ1n) is 9.44. The molecule has 152 valence electrons. The number of phenolic OH excluding ortho intramolecular Hbond substituents is 1. The predicted molar refractivity (Wildman–Crippen MR) is 116 cm³/mol. The van der Waals surface area contributed by atoms with Crippen LogP contribution in [0, 0.1) is 0 Å². The molecule has 0 saturated carbocycles. The SMILES string of the molecule is CC(C)(c1ccccc1)c1cccc(O)c1C(C)(C)c1ccccc1.O=C(O)O. The quantitative estimate of drug-likeness (QED) is 0.489. The van der Waals surface area contributed by atoms with E-state index in [0.29, 0.717) is 5.75 Å². The van der Waals surface area contributed by atoms with Gasteiger partial charge in [-0.25, -0.2) is 4.79 Å². The summed E-state index contributed by atoms with van der Waals surface area (Å²) >= 11 is 0. The third-order valence-electron chi connectivity index (χ3n) is 5.33. The van der Waals surface area contributed by atoms with E-state index in [9.17, 15) is 5.11 Å². The summed E-state index contributed by atoms with van der Waals surface area (Å²) in [5, 5.41) is 24.7. The average molecular weight is 392 g/mol. The van der Waals surface area contributed by atoms with Crippen molar-refractivity contribution >= 4 is 6.16 Å². The molecule has 29 heavy (non-hydrogen) atoms. The van der Waals surface area contributed by atoms with Crippen LogP contribution in [0.3, 0.4) is 0 Å².